The largest absolute Gasteiger partial charge is 0.393 e. The topological polar surface area (TPSA) is 59.2 Å². The molecular formula is C11H18N2O2S. The van der Waals surface area contributed by atoms with Gasteiger partial charge in [-0.15, -0.1) is 0 Å². The van der Waals surface area contributed by atoms with Crippen LogP contribution in [0.4, 0.5) is 0 Å². The maximum absolute atomic E-state index is 9.20. The Hall–Kier alpha value is -0.550. The van der Waals surface area contributed by atoms with Gasteiger partial charge >= 0.3 is 0 Å². The number of rotatable bonds is 5. The highest BCUT2D eigenvalue weighted by Gasteiger charge is 2.32. The molecule has 1 aromatic rings. The van der Waals surface area contributed by atoms with Gasteiger partial charge in [-0.05, 0) is 19.3 Å². The third-order valence-corrected chi connectivity index (χ3v) is 4.35. The van der Waals surface area contributed by atoms with Gasteiger partial charge in [0.05, 0.1) is 11.9 Å². The maximum atomic E-state index is 9.20. The van der Waals surface area contributed by atoms with Crippen LogP contribution in [0.5, 0.6) is 0 Å². The fourth-order valence-electron chi connectivity index (χ4n) is 1.62. The minimum absolute atomic E-state index is 0.171. The predicted molar refractivity (Wildman–Crippen MR) is 63.3 cm³/mol. The Morgan fingerprint density at radius 1 is 1.56 bits per heavy atom. The van der Waals surface area contributed by atoms with Crippen molar-refractivity contribution in [1.29, 1.82) is 0 Å². The van der Waals surface area contributed by atoms with Crippen LogP contribution in [0, 0.1) is 0 Å². The predicted octanol–water partition coefficient (Wildman–Crippen LogP) is 2.34. The second kappa shape index (κ2) is 5.19. The summed E-state index contributed by atoms with van der Waals surface area (Å²) in [6.45, 7) is 4.38. The summed E-state index contributed by atoms with van der Waals surface area (Å²) in [5, 5.41) is 13.8. The van der Waals surface area contributed by atoms with Gasteiger partial charge in [-0.3, -0.25) is 0 Å². The van der Waals surface area contributed by atoms with E-state index in [9.17, 15) is 5.11 Å². The number of aliphatic hydroxyl groups is 1. The minimum atomic E-state index is -0.171. The molecular weight excluding hydrogens is 224 g/mol. The molecule has 1 saturated carbocycles. The first kappa shape index (κ1) is 11.9. The Balaban J connectivity index is 1.83. The molecule has 1 aromatic heterocycles. The van der Waals surface area contributed by atoms with Crippen molar-refractivity contribution in [2.45, 2.75) is 56.1 Å². The van der Waals surface area contributed by atoms with E-state index in [1.54, 1.807) is 0 Å². The van der Waals surface area contributed by atoms with Crippen molar-refractivity contribution in [2.75, 3.05) is 0 Å². The molecule has 90 valence electrons. The molecule has 0 aromatic carbocycles. The van der Waals surface area contributed by atoms with Crippen molar-refractivity contribution >= 4 is 11.8 Å². The standard InChI is InChI=1S/C11H18N2O2S/c1-3-7(2)16-6-10-12-11(15-13-10)8-4-9(14)5-8/h7-9,14H,3-6H2,1-2H3. The van der Waals surface area contributed by atoms with E-state index in [2.05, 4.69) is 24.0 Å². The normalized spacial score (nSPS) is 26.4. The van der Waals surface area contributed by atoms with E-state index in [-0.39, 0.29) is 12.0 Å². The van der Waals surface area contributed by atoms with E-state index >= 15 is 0 Å². The van der Waals surface area contributed by atoms with E-state index < -0.39 is 0 Å². The van der Waals surface area contributed by atoms with E-state index in [0.29, 0.717) is 11.1 Å². The smallest absolute Gasteiger partial charge is 0.229 e. The summed E-state index contributed by atoms with van der Waals surface area (Å²) in [6.07, 6.45) is 2.51. The van der Waals surface area contributed by atoms with Gasteiger partial charge in [0.15, 0.2) is 5.82 Å². The molecule has 0 saturated heterocycles. The Kier molecular flexibility index (Phi) is 3.86. The quantitative estimate of drug-likeness (QED) is 0.858. The van der Waals surface area contributed by atoms with E-state index in [0.717, 1.165) is 30.8 Å². The molecule has 1 aliphatic rings. The van der Waals surface area contributed by atoms with Crippen LogP contribution in [-0.2, 0) is 5.75 Å². The molecule has 1 aliphatic carbocycles. The minimum Gasteiger partial charge on any atom is -0.393 e. The van der Waals surface area contributed by atoms with Crippen molar-refractivity contribution in [3.05, 3.63) is 11.7 Å². The summed E-state index contributed by atoms with van der Waals surface area (Å²) in [5.74, 6) is 2.57. The van der Waals surface area contributed by atoms with Crippen LogP contribution in [0.3, 0.4) is 0 Å². The number of hydrogen-bond donors (Lipinski definition) is 1. The van der Waals surface area contributed by atoms with Crippen LogP contribution in [-0.4, -0.2) is 26.6 Å². The lowest BCUT2D eigenvalue weighted by Crippen LogP contribution is -2.26. The monoisotopic (exact) mass is 242 g/mol. The van der Waals surface area contributed by atoms with Crippen molar-refractivity contribution in [2.24, 2.45) is 0 Å². The Labute approximate surface area is 99.8 Å². The van der Waals surface area contributed by atoms with Crippen LogP contribution in [0.2, 0.25) is 0 Å². The molecule has 2 rings (SSSR count). The van der Waals surface area contributed by atoms with Gasteiger partial charge in [-0.2, -0.15) is 16.7 Å². The van der Waals surface area contributed by atoms with Gasteiger partial charge in [0.25, 0.3) is 0 Å². The average molecular weight is 242 g/mol. The van der Waals surface area contributed by atoms with Crippen molar-refractivity contribution in [3.63, 3.8) is 0 Å². The molecule has 5 heteroatoms. The lowest BCUT2D eigenvalue weighted by molar-refractivity contribution is 0.0625. The van der Waals surface area contributed by atoms with Gasteiger partial charge in [0.2, 0.25) is 5.89 Å². The lowest BCUT2D eigenvalue weighted by Gasteiger charge is -2.27. The van der Waals surface area contributed by atoms with E-state index in [1.165, 1.54) is 0 Å². The number of nitrogens with zero attached hydrogens (tertiary/aromatic N) is 2. The van der Waals surface area contributed by atoms with Gasteiger partial charge in [-0.25, -0.2) is 0 Å². The summed E-state index contributed by atoms with van der Waals surface area (Å²) < 4.78 is 5.20. The van der Waals surface area contributed by atoms with Crippen LogP contribution in [0.15, 0.2) is 4.52 Å². The summed E-state index contributed by atoms with van der Waals surface area (Å²) in [4.78, 5) is 4.36. The second-order valence-electron chi connectivity index (χ2n) is 4.40. The van der Waals surface area contributed by atoms with Gasteiger partial charge in [0.1, 0.15) is 0 Å². The van der Waals surface area contributed by atoms with Crippen molar-refractivity contribution in [3.8, 4) is 0 Å². The third-order valence-electron chi connectivity index (χ3n) is 3.02. The summed E-state index contributed by atoms with van der Waals surface area (Å²) >= 11 is 1.85. The van der Waals surface area contributed by atoms with Crippen LogP contribution < -0.4 is 0 Å². The summed E-state index contributed by atoms with van der Waals surface area (Å²) in [6, 6.07) is 0. The molecule has 0 bridgehead atoms. The molecule has 16 heavy (non-hydrogen) atoms. The third kappa shape index (κ3) is 2.77. The first-order valence-electron chi connectivity index (χ1n) is 5.81. The summed E-state index contributed by atoms with van der Waals surface area (Å²) in [5.41, 5.74) is 0. The van der Waals surface area contributed by atoms with Gasteiger partial charge in [-0.1, -0.05) is 19.0 Å². The maximum Gasteiger partial charge on any atom is 0.229 e. The molecule has 0 radical (unpaired) electrons. The number of hydrogen-bond acceptors (Lipinski definition) is 5. The Morgan fingerprint density at radius 3 is 2.94 bits per heavy atom. The second-order valence-corrected chi connectivity index (χ2v) is 5.83. The van der Waals surface area contributed by atoms with Crippen molar-refractivity contribution in [1.82, 2.24) is 10.1 Å². The first-order chi connectivity index (χ1) is 7.69. The molecule has 0 aliphatic heterocycles. The van der Waals surface area contributed by atoms with Crippen LogP contribution >= 0.6 is 11.8 Å². The van der Waals surface area contributed by atoms with Crippen LogP contribution in [0.1, 0.15) is 50.7 Å². The number of thioether (sulfide) groups is 1. The fraction of sp³-hybridized carbons (Fsp3) is 0.818. The molecule has 4 nitrogen and oxygen atoms in total. The zero-order chi connectivity index (χ0) is 11.5. The molecule has 0 spiro atoms. The molecule has 1 fully saturated rings. The van der Waals surface area contributed by atoms with Gasteiger partial charge in [0, 0.05) is 11.2 Å². The molecule has 1 atom stereocenters. The van der Waals surface area contributed by atoms with E-state index in [1.807, 2.05) is 11.8 Å². The highest BCUT2D eigenvalue weighted by molar-refractivity contribution is 7.99. The Morgan fingerprint density at radius 2 is 2.31 bits per heavy atom. The molecule has 1 N–H and O–H groups in total. The van der Waals surface area contributed by atoms with E-state index in [4.69, 9.17) is 4.52 Å². The molecule has 1 heterocycles. The average Bonchev–Trinajstić information content (AvgIpc) is 2.69. The number of aliphatic hydroxyl groups excluding tert-OH is 1. The Bertz CT molecular complexity index is 336. The highest BCUT2D eigenvalue weighted by Crippen LogP contribution is 2.35. The summed E-state index contributed by atoms with van der Waals surface area (Å²) in [7, 11) is 0. The van der Waals surface area contributed by atoms with Crippen LogP contribution in [0.25, 0.3) is 0 Å². The first-order valence-corrected chi connectivity index (χ1v) is 6.86. The SMILES string of the molecule is CCC(C)SCc1noc(C2CC(O)C2)n1. The van der Waals surface area contributed by atoms with Crippen molar-refractivity contribution < 1.29 is 9.63 Å². The zero-order valence-corrected chi connectivity index (χ0v) is 10.5. The number of aromatic nitrogens is 2. The van der Waals surface area contributed by atoms with Gasteiger partial charge < -0.3 is 9.63 Å². The molecule has 1 unspecified atom stereocenters. The zero-order valence-electron chi connectivity index (χ0n) is 9.72. The lowest BCUT2D eigenvalue weighted by atomic mass is 9.82. The fourth-order valence-corrected chi connectivity index (χ4v) is 2.40. The molecule has 0 amide bonds. The highest BCUT2D eigenvalue weighted by atomic mass is 32.2.